The number of carbonyl (C=O) groups is 1. The normalized spacial score (nSPS) is 32.0. The predicted molar refractivity (Wildman–Crippen MR) is 189 cm³/mol. The number of benzene rings is 2. The molecule has 0 amide bonds. The summed E-state index contributed by atoms with van der Waals surface area (Å²) < 4.78 is 26.0. The van der Waals surface area contributed by atoms with Crippen molar-refractivity contribution in [2.75, 3.05) is 7.11 Å². The molecule has 0 aromatic heterocycles. The topological polar surface area (TPSA) is 74.2 Å². The largest absolute Gasteiger partial charge is 0.497 e. The Labute approximate surface area is 283 Å². The van der Waals surface area contributed by atoms with Gasteiger partial charge in [0, 0.05) is 17.3 Å². The second-order valence-corrected chi connectivity index (χ2v) is 21.1. The number of fused-ring (bicyclic) bond motifs is 3. The molecular formula is C40H56O6Si. The van der Waals surface area contributed by atoms with Crippen molar-refractivity contribution in [3.8, 4) is 5.75 Å². The Morgan fingerprint density at radius 1 is 0.957 bits per heavy atom. The van der Waals surface area contributed by atoms with Crippen LogP contribution in [-0.4, -0.2) is 44.1 Å². The Balaban J connectivity index is 1.64. The van der Waals surface area contributed by atoms with E-state index in [4.69, 9.17) is 18.6 Å². The van der Waals surface area contributed by atoms with Crippen LogP contribution in [-0.2, 0) is 31.9 Å². The molecule has 47 heavy (non-hydrogen) atoms. The van der Waals surface area contributed by atoms with E-state index >= 15 is 4.79 Å². The lowest BCUT2D eigenvalue weighted by Crippen LogP contribution is -2.59. The van der Waals surface area contributed by atoms with Crippen molar-refractivity contribution in [3.05, 3.63) is 89.7 Å². The van der Waals surface area contributed by atoms with E-state index < -0.39 is 36.8 Å². The molecule has 0 aliphatic heterocycles. The van der Waals surface area contributed by atoms with Gasteiger partial charge in [0.05, 0.1) is 25.2 Å². The van der Waals surface area contributed by atoms with Gasteiger partial charge in [-0.1, -0.05) is 89.2 Å². The average molecular weight is 661 g/mol. The smallest absolute Gasteiger partial charge is 0.192 e. The average Bonchev–Trinajstić information content (AvgIpc) is 3.27. The second-order valence-electron chi connectivity index (χ2n) is 16.3. The van der Waals surface area contributed by atoms with E-state index in [9.17, 15) is 5.11 Å². The van der Waals surface area contributed by atoms with Crippen LogP contribution >= 0.6 is 0 Å². The third kappa shape index (κ3) is 6.41. The molecule has 256 valence electrons. The van der Waals surface area contributed by atoms with Crippen LogP contribution < -0.4 is 4.74 Å². The Bertz CT molecular complexity index is 1470. The fourth-order valence-corrected chi connectivity index (χ4v) is 9.25. The van der Waals surface area contributed by atoms with E-state index in [0.717, 1.165) is 28.9 Å². The molecule has 0 unspecified atom stereocenters. The number of hydrogen-bond donors (Lipinski definition) is 1. The Hall–Kier alpha value is -2.71. The van der Waals surface area contributed by atoms with Crippen molar-refractivity contribution < 1.29 is 28.5 Å². The maximum atomic E-state index is 15.5. The molecule has 0 saturated heterocycles. The number of ether oxygens (including phenoxy) is 3. The predicted octanol–water partition coefficient (Wildman–Crippen LogP) is 8.79. The minimum Gasteiger partial charge on any atom is -0.497 e. The first-order valence-corrected chi connectivity index (χ1v) is 20.1. The monoisotopic (exact) mass is 660 g/mol. The van der Waals surface area contributed by atoms with E-state index in [0.29, 0.717) is 31.6 Å². The van der Waals surface area contributed by atoms with Crippen LogP contribution in [0.2, 0.25) is 18.1 Å². The summed E-state index contributed by atoms with van der Waals surface area (Å²) in [5.74, 6) is 0.688. The van der Waals surface area contributed by atoms with Gasteiger partial charge in [-0.05, 0) is 80.1 Å². The molecule has 2 saturated carbocycles. The maximum absolute atomic E-state index is 15.5. The molecule has 3 aliphatic rings. The van der Waals surface area contributed by atoms with Crippen molar-refractivity contribution in [2.45, 2.75) is 116 Å². The molecule has 2 bridgehead atoms. The number of rotatable bonds is 9. The highest BCUT2D eigenvalue weighted by molar-refractivity contribution is 6.74. The number of methoxy groups -OCH3 is 1. The van der Waals surface area contributed by atoms with Gasteiger partial charge in [0.25, 0.3) is 0 Å². The van der Waals surface area contributed by atoms with Crippen molar-refractivity contribution in [1.82, 2.24) is 0 Å². The summed E-state index contributed by atoms with van der Waals surface area (Å²) in [6.45, 7) is 22.5. The summed E-state index contributed by atoms with van der Waals surface area (Å²) in [5.41, 5.74) is -0.0638. The van der Waals surface area contributed by atoms with Gasteiger partial charge < -0.3 is 23.7 Å². The number of aliphatic hydroxyl groups is 1. The molecule has 0 radical (unpaired) electrons. The van der Waals surface area contributed by atoms with Gasteiger partial charge in [-0.3, -0.25) is 4.79 Å². The molecule has 3 aliphatic carbocycles. The number of ketones is 1. The van der Waals surface area contributed by atoms with E-state index in [1.807, 2.05) is 60.7 Å². The summed E-state index contributed by atoms with van der Waals surface area (Å²) in [6, 6.07) is 17.8. The van der Waals surface area contributed by atoms with Crippen molar-refractivity contribution in [2.24, 2.45) is 22.7 Å². The first kappa shape index (κ1) is 35.6. The number of carbonyl (C=O) groups excluding carboxylic acids is 1. The zero-order valence-electron chi connectivity index (χ0n) is 30.0. The van der Waals surface area contributed by atoms with Crippen molar-refractivity contribution in [1.29, 1.82) is 0 Å². The molecule has 0 spiro atoms. The molecule has 2 fully saturated rings. The zero-order valence-corrected chi connectivity index (χ0v) is 31.0. The van der Waals surface area contributed by atoms with E-state index in [1.165, 1.54) is 0 Å². The third-order valence-corrected chi connectivity index (χ3v) is 16.7. The first-order chi connectivity index (χ1) is 22.0. The van der Waals surface area contributed by atoms with Crippen LogP contribution in [0.1, 0.15) is 78.4 Å². The molecule has 0 heterocycles. The van der Waals surface area contributed by atoms with Crippen LogP contribution in [0.4, 0.5) is 0 Å². The molecule has 7 heteroatoms. The molecule has 5 rings (SSSR count). The highest BCUT2D eigenvalue weighted by Gasteiger charge is 2.65. The fraction of sp³-hybridized carbons (Fsp3) is 0.575. The van der Waals surface area contributed by atoms with E-state index in [2.05, 4.69) is 61.2 Å². The fourth-order valence-electron chi connectivity index (χ4n) is 7.82. The number of hydrogen-bond acceptors (Lipinski definition) is 6. The number of Topliss-reactive ketones (excluding diaryl/α,β-unsaturated/α-hetero) is 1. The lowest BCUT2D eigenvalue weighted by molar-refractivity contribution is -0.160. The van der Waals surface area contributed by atoms with Crippen molar-refractivity contribution >= 4 is 14.1 Å². The van der Waals surface area contributed by atoms with Crippen LogP contribution in [0.5, 0.6) is 5.75 Å². The van der Waals surface area contributed by atoms with Gasteiger partial charge in [-0.15, -0.1) is 0 Å². The van der Waals surface area contributed by atoms with E-state index in [1.54, 1.807) is 7.11 Å². The van der Waals surface area contributed by atoms with Crippen LogP contribution in [0.25, 0.3) is 0 Å². The first-order valence-electron chi connectivity index (χ1n) is 17.2. The summed E-state index contributed by atoms with van der Waals surface area (Å²) >= 11 is 0. The third-order valence-electron chi connectivity index (χ3n) is 12.2. The van der Waals surface area contributed by atoms with Crippen LogP contribution in [0.15, 0.2) is 78.6 Å². The standard InChI is InChI=1S/C40H56O6Si/c1-27-16-21-33(46-47(9,10)37(2,3)4)39(7)32(27)24-34(44-25-28-14-12-11-13-15-28)40(42)23-22-31(38(40,5)6)35(36(39)41)45-26-29-17-19-30(43-8)20-18-29/h11-15,17-20,24,31-33,35,42H,1,16,21-23,25-26H2,2-10H3/b34-24+/t31-,32-,33+,35-,39+,40-/m1/s1. The maximum Gasteiger partial charge on any atom is 0.192 e. The molecule has 2 aromatic carbocycles. The molecule has 6 atom stereocenters. The Kier molecular flexibility index (Phi) is 9.81. The lowest BCUT2D eigenvalue weighted by Gasteiger charge is -2.51. The Morgan fingerprint density at radius 2 is 1.60 bits per heavy atom. The van der Waals surface area contributed by atoms with Gasteiger partial charge in [-0.25, -0.2) is 0 Å². The summed E-state index contributed by atoms with van der Waals surface area (Å²) in [5, 5.41) is 12.7. The van der Waals surface area contributed by atoms with Gasteiger partial charge in [-0.2, -0.15) is 0 Å². The molecule has 2 aromatic rings. The highest BCUT2D eigenvalue weighted by Crippen LogP contribution is 2.60. The Morgan fingerprint density at radius 3 is 2.21 bits per heavy atom. The van der Waals surface area contributed by atoms with E-state index in [-0.39, 0.29) is 29.5 Å². The molecular weight excluding hydrogens is 605 g/mol. The summed E-state index contributed by atoms with van der Waals surface area (Å²) in [4.78, 5) is 15.5. The van der Waals surface area contributed by atoms with Gasteiger partial charge in [0.2, 0.25) is 0 Å². The number of allylic oxidation sites excluding steroid dienone is 2. The highest BCUT2D eigenvalue weighted by atomic mass is 28.4. The minimum atomic E-state index is -2.28. The lowest BCUT2D eigenvalue weighted by atomic mass is 9.59. The quantitative estimate of drug-likeness (QED) is 0.214. The van der Waals surface area contributed by atoms with Crippen LogP contribution in [0, 0.1) is 22.7 Å². The van der Waals surface area contributed by atoms with Crippen molar-refractivity contribution in [3.63, 3.8) is 0 Å². The SMILES string of the molecule is C=C1CC[C@H](O[Si](C)(C)C(C)(C)C)[C@@]2(C)C(=O)[C@H](OCc3ccc(OC)cc3)[C@H]3CC[C@@](O)(/C(OCc4ccccc4)=C\[C@H]12)C3(C)C. The molecule has 1 N–H and O–H groups in total. The molecule has 6 nitrogen and oxygen atoms in total. The second kappa shape index (κ2) is 13.0. The van der Waals surface area contributed by atoms with Gasteiger partial charge in [0.1, 0.15) is 29.8 Å². The van der Waals surface area contributed by atoms with Gasteiger partial charge >= 0.3 is 0 Å². The van der Waals surface area contributed by atoms with Crippen LogP contribution in [0.3, 0.4) is 0 Å². The minimum absolute atomic E-state index is 0.0310. The summed E-state index contributed by atoms with van der Waals surface area (Å²) in [6.07, 6.45) is 3.50. The van der Waals surface area contributed by atoms with Gasteiger partial charge in [0.15, 0.2) is 14.1 Å². The summed E-state index contributed by atoms with van der Waals surface area (Å²) in [7, 11) is -0.636. The zero-order chi connectivity index (χ0) is 34.4.